The quantitative estimate of drug-likeness (QED) is 0.728. The Kier molecular flexibility index (Phi) is 4.39. The van der Waals surface area contributed by atoms with E-state index in [0.29, 0.717) is 38.0 Å². The van der Waals surface area contributed by atoms with Crippen molar-refractivity contribution in [1.29, 1.82) is 0 Å². The third kappa shape index (κ3) is 3.18. The molecule has 0 spiro atoms. The fourth-order valence-corrected chi connectivity index (χ4v) is 3.21. The van der Waals surface area contributed by atoms with Crippen LogP contribution in [0.1, 0.15) is 10.4 Å². The van der Waals surface area contributed by atoms with Gasteiger partial charge in [-0.1, -0.05) is 30.3 Å². The second kappa shape index (κ2) is 7.00. The van der Waals surface area contributed by atoms with Gasteiger partial charge in [0.1, 0.15) is 0 Å². The summed E-state index contributed by atoms with van der Waals surface area (Å²) in [4.78, 5) is 25.5. The molecule has 1 aliphatic heterocycles. The summed E-state index contributed by atoms with van der Waals surface area (Å²) in [5.41, 5.74) is 0.731. The molecular formula is C20H20N4O2. The van der Waals surface area contributed by atoms with Gasteiger partial charge >= 0.3 is 0 Å². The first-order chi connectivity index (χ1) is 12.7. The minimum absolute atomic E-state index is 0.0713. The Morgan fingerprint density at radius 1 is 1.00 bits per heavy atom. The molecule has 2 aromatic carbocycles. The van der Waals surface area contributed by atoms with E-state index in [9.17, 15) is 4.79 Å². The molecule has 6 heteroatoms. The molecule has 0 bridgehead atoms. The second-order valence-electron chi connectivity index (χ2n) is 6.24. The summed E-state index contributed by atoms with van der Waals surface area (Å²) in [6.45, 7) is 2.69. The summed E-state index contributed by atoms with van der Waals surface area (Å²) in [6.07, 6.45) is 1.69. The number of aromatic nitrogens is 2. The molecule has 0 aliphatic carbocycles. The second-order valence-corrected chi connectivity index (χ2v) is 6.24. The maximum atomic E-state index is 12.8. The van der Waals surface area contributed by atoms with Crippen LogP contribution in [0.3, 0.4) is 0 Å². The molecule has 1 amide bonds. The zero-order chi connectivity index (χ0) is 17.9. The Morgan fingerprint density at radius 2 is 1.77 bits per heavy atom. The van der Waals surface area contributed by atoms with Gasteiger partial charge in [0.15, 0.2) is 0 Å². The van der Waals surface area contributed by atoms with Gasteiger partial charge in [-0.25, -0.2) is 4.98 Å². The number of anilines is 1. The highest BCUT2D eigenvalue weighted by molar-refractivity contribution is 5.98. The Bertz CT molecular complexity index is 936. The lowest BCUT2D eigenvalue weighted by molar-refractivity contribution is 0.0746. The average Bonchev–Trinajstić information content (AvgIpc) is 2.73. The first kappa shape index (κ1) is 16.3. The van der Waals surface area contributed by atoms with E-state index in [1.54, 1.807) is 19.4 Å². The number of amides is 1. The predicted molar refractivity (Wildman–Crippen MR) is 101 cm³/mol. The van der Waals surface area contributed by atoms with Crippen molar-refractivity contribution in [3.05, 3.63) is 60.3 Å². The fraction of sp³-hybridized carbons (Fsp3) is 0.250. The van der Waals surface area contributed by atoms with Gasteiger partial charge in [-0.2, -0.15) is 4.98 Å². The summed E-state index contributed by atoms with van der Waals surface area (Å²) < 4.78 is 5.16. The third-order valence-corrected chi connectivity index (χ3v) is 4.67. The Morgan fingerprint density at radius 3 is 2.54 bits per heavy atom. The molecule has 0 atom stereocenters. The lowest BCUT2D eigenvalue weighted by Crippen LogP contribution is -2.49. The number of fused-ring (bicyclic) bond motifs is 1. The van der Waals surface area contributed by atoms with Crippen LogP contribution in [0.15, 0.2) is 54.7 Å². The molecule has 26 heavy (non-hydrogen) atoms. The van der Waals surface area contributed by atoms with Crippen LogP contribution < -0.4 is 9.64 Å². The highest BCUT2D eigenvalue weighted by atomic mass is 16.5. The van der Waals surface area contributed by atoms with Crippen LogP contribution in [0, 0.1) is 0 Å². The van der Waals surface area contributed by atoms with E-state index in [-0.39, 0.29) is 5.91 Å². The van der Waals surface area contributed by atoms with E-state index in [4.69, 9.17) is 4.74 Å². The van der Waals surface area contributed by atoms with Crippen molar-refractivity contribution >= 4 is 22.6 Å². The average molecular weight is 348 g/mol. The summed E-state index contributed by atoms with van der Waals surface area (Å²) in [7, 11) is 1.59. The number of carbonyl (C=O) groups excluding carboxylic acids is 1. The van der Waals surface area contributed by atoms with E-state index in [1.165, 1.54) is 0 Å². The summed E-state index contributed by atoms with van der Waals surface area (Å²) in [5.74, 6) is 1.26. The topological polar surface area (TPSA) is 58.6 Å². The number of nitrogens with zero attached hydrogens (tertiary/aromatic N) is 4. The molecule has 1 aliphatic rings. The molecule has 0 radical (unpaired) electrons. The number of hydrogen-bond acceptors (Lipinski definition) is 5. The molecule has 0 N–H and O–H groups in total. The van der Waals surface area contributed by atoms with Gasteiger partial charge in [-0.05, 0) is 22.9 Å². The SMILES string of the molecule is COc1ccnc(N2CCN(C(=O)c3ccc4ccccc4c3)CC2)n1. The largest absolute Gasteiger partial charge is 0.481 e. The molecule has 4 rings (SSSR count). The van der Waals surface area contributed by atoms with E-state index in [1.807, 2.05) is 41.3 Å². The third-order valence-electron chi connectivity index (χ3n) is 4.67. The van der Waals surface area contributed by atoms with Crippen molar-refractivity contribution in [2.75, 3.05) is 38.2 Å². The first-order valence-corrected chi connectivity index (χ1v) is 8.65. The standard InChI is InChI=1S/C20H20N4O2/c1-26-18-8-9-21-20(22-18)24-12-10-23(11-13-24)19(25)17-7-6-15-4-2-3-5-16(15)14-17/h2-9,14H,10-13H2,1H3. The van der Waals surface area contributed by atoms with Crippen molar-refractivity contribution in [3.8, 4) is 5.88 Å². The van der Waals surface area contributed by atoms with Gasteiger partial charge in [0.2, 0.25) is 11.8 Å². The van der Waals surface area contributed by atoms with Gasteiger partial charge in [-0.3, -0.25) is 4.79 Å². The molecule has 3 aromatic rings. The smallest absolute Gasteiger partial charge is 0.253 e. The Labute approximate surface area is 152 Å². The van der Waals surface area contributed by atoms with Crippen molar-refractivity contribution in [2.24, 2.45) is 0 Å². The zero-order valence-corrected chi connectivity index (χ0v) is 14.6. The summed E-state index contributed by atoms with van der Waals surface area (Å²) >= 11 is 0. The van der Waals surface area contributed by atoms with Gasteiger partial charge < -0.3 is 14.5 Å². The number of rotatable bonds is 3. The molecule has 0 saturated carbocycles. The first-order valence-electron chi connectivity index (χ1n) is 8.65. The van der Waals surface area contributed by atoms with Crippen LogP contribution in [-0.2, 0) is 0 Å². The minimum atomic E-state index is 0.0713. The molecular weight excluding hydrogens is 328 g/mol. The number of piperazine rings is 1. The Hall–Kier alpha value is -3.15. The van der Waals surface area contributed by atoms with Gasteiger partial charge in [0.05, 0.1) is 7.11 Å². The number of hydrogen-bond donors (Lipinski definition) is 0. The predicted octanol–water partition coefficient (Wildman–Crippen LogP) is 2.60. The minimum Gasteiger partial charge on any atom is -0.481 e. The molecule has 1 aromatic heterocycles. The van der Waals surface area contributed by atoms with Crippen LogP contribution >= 0.6 is 0 Å². The monoisotopic (exact) mass is 348 g/mol. The van der Waals surface area contributed by atoms with Crippen LogP contribution in [-0.4, -0.2) is 54.1 Å². The van der Waals surface area contributed by atoms with E-state index in [0.717, 1.165) is 16.3 Å². The molecule has 1 fully saturated rings. The van der Waals surface area contributed by atoms with E-state index in [2.05, 4.69) is 20.9 Å². The van der Waals surface area contributed by atoms with Crippen LogP contribution in [0.25, 0.3) is 10.8 Å². The van der Waals surface area contributed by atoms with Gasteiger partial charge in [0.25, 0.3) is 5.91 Å². The summed E-state index contributed by atoms with van der Waals surface area (Å²) in [5, 5.41) is 2.23. The van der Waals surface area contributed by atoms with Crippen LogP contribution in [0.2, 0.25) is 0 Å². The number of methoxy groups -OCH3 is 1. The molecule has 6 nitrogen and oxygen atoms in total. The fourth-order valence-electron chi connectivity index (χ4n) is 3.21. The normalized spacial score (nSPS) is 14.5. The van der Waals surface area contributed by atoms with Crippen molar-refractivity contribution < 1.29 is 9.53 Å². The molecule has 0 unspecified atom stereocenters. The molecule has 2 heterocycles. The van der Waals surface area contributed by atoms with E-state index >= 15 is 0 Å². The summed E-state index contributed by atoms with van der Waals surface area (Å²) in [6, 6.07) is 15.7. The van der Waals surface area contributed by atoms with Crippen molar-refractivity contribution in [2.45, 2.75) is 0 Å². The maximum Gasteiger partial charge on any atom is 0.253 e. The zero-order valence-electron chi connectivity index (χ0n) is 14.6. The number of benzene rings is 2. The van der Waals surface area contributed by atoms with Gasteiger partial charge in [-0.15, -0.1) is 0 Å². The van der Waals surface area contributed by atoms with Crippen molar-refractivity contribution in [1.82, 2.24) is 14.9 Å². The molecule has 132 valence electrons. The van der Waals surface area contributed by atoms with Crippen molar-refractivity contribution in [3.63, 3.8) is 0 Å². The lowest BCUT2D eigenvalue weighted by Gasteiger charge is -2.34. The van der Waals surface area contributed by atoms with Crippen LogP contribution in [0.5, 0.6) is 5.88 Å². The number of ether oxygens (including phenoxy) is 1. The lowest BCUT2D eigenvalue weighted by atomic mass is 10.1. The maximum absolute atomic E-state index is 12.8. The highest BCUT2D eigenvalue weighted by Gasteiger charge is 2.23. The van der Waals surface area contributed by atoms with E-state index < -0.39 is 0 Å². The number of carbonyl (C=O) groups is 1. The van der Waals surface area contributed by atoms with Gasteiger partial charge in [0, 0.05) is 44.0 Å². The molecule has 1 saturated heterocycles. The van der Waals surface area contributed by atoms with Crippen LogP contribution in [0.4, 0.5) is 5.95 Å². The highest BCUT2D eigenvalue weighted by Crippen LogP contribution is 2.19. The Balaban J connectivity index is 1.45.